The maximum absolute atomic E-state index is 12.5. The number of amides is 2. The molecule has 1 aromatic carbocycles. The molecule has 2 N–H and O–H groups in total. The van der Waals surface area contributed by atoms with Crippen molar-refractivity contribution in [3.05, 3.63) is 33.8 Å². The Balaban J connectivity index is 2.09. The number of carbonyl (C=O) groups excluding carboxylic acids is 2. The van der Waals surface area contributed by atoms with Gasteiger partial charge in [0, 0.05) is 11.1 Å². The van der Waals surface area contributed by atoms with Crippen LogP contribution in [0.15, 0.2) is 18.2 Å². The summed E-state index contributed by atoms with van der Waals surface area (Å²) in [6.07, 6.45) is 3.27. The average Bonchev–Trinajstić information content (AvgIpc) is 2.54. The van der Waals surface area contributed by atoms with Crippen LogP contribution in [-0.2, 0) is 4.79 Å². The van der Waals surface area contributed by atoms with Gasteiger partial charge in [-0.3, -0.25) is 9.59 Å². The third-order valence-electron chi connectivity index (χ3n) is 4.15. The smallest absolute Gasteiger partial charge is 0.253 e. The zero-order valence-corrected chi connectivity index (χ0v) is 14.8. The van der Waals surface area contributed by atoms with E-state index >= 15 is 0 Å². The number of nitrogens with one attached hydrogen (secondary N) is 2. The van der Waals surface area contributed by atoms with Gasteiger partial charge in [-0.05, 0) is 38.0 Å². The number of nitriles is 1. The minimum absolute atomic E-state index is 0.198. The maximum atomic E-state index is 12.5. The van der Waals surface area contributed by atoms with Gasteiger partial charge < -0.3 is 10.6 Å². The number of hydrogen-bond donors (Lipinski definition) is 2. The van der Waals surface area contributed by atoms with Crippen molar-refractivity contribution in [1.82, 2.24) is 10.6 Å². The van der Waals surface area contributed by atoms with Gasteiger partial charge in [0.25, 0.3) is 5.91 Å². The second-order valence-corrected chi connectivity index (χ2v) is 6.80. The molecule has 0 saturated heterocycles. The van der Waals surface area contributed by atoms with Crippen LogP contribution >= 0.6 is 23.2 Å². The fourth-order valence-corrected chi connectivity index (χ4v) is 3.38. The van der Waals surface area contributed by atoms with Gasteiger partial charge in [0.05, 0.1) is 22.6 Å². The number of halogens is 2. The summed E-state index contributed by atoms with van der Waals surface area (Å²) in [5.74, 6) is -0.865. The molecular weight excluding hydrogens is 349 g/mol. The summed E-state index contributed by atoms with van der Waals surface area (Å²) in [7, 11) is 0. The van der Waals surface area contributed by atoms with Crippen LogP contribution in [-0.4, -0.2) is 23.9 Å². The Morgan fingerprint density at radius 3 is 2.67 bits per heavy atom. The molecule has 1 aliphatic carbocycles. The average molecular weight is 368 g/mol. The first-order valence-corrected chi connectivity index (χ1v) is 8.64. The highest BCUT2D eigenvalue weighted by atomic mass is 35.5. The highest BCUT2D eigenvalue weighted by Gasteiger charge is 2.33. The summed E-state index contributed by atoms with van der Waals surface area (Å²) in [4.78, 5) is 24.8. The molecule has 3 unspecified atom stereocenters. The molecule has 1 aliphatic rings. The first-order chi connectivity index (χ1) is 11.4. The number of carbonyl (C=O) groups is 2. The predicted molar refractivity (Wildman–Crippen MR) is 92.9 cm³/mol. The quantitative estimate of drug-likeness (QED) is 0.856. The minimum atomic E-state index is -0.554. The van der Waals surface area contributed by atoms with Crippen molar-refractivity contribution in [3.63, 3.8) is 0 Å². The highest BCUT2D eigenvalue weighted by molar-refractivity contribution is 6.36. The second-order valence-electron chi connectivity index (χ2n) is 5.95. The zero-order chi connectivity index (χ0) is 17.7. The number of hydrogen-bond acceptors (Lipinski definition) is 3. The Bertz CT molecular complexity index is 672. The molecule has 1 fully saturated rings. The fraction of sp³-hybridized carbons (Fsp3) is 0.471. The molecule has 1 aromatic rings. The normalized spacial score (nSPS) is 21.4. The van der Waals surface area contributed by atoms with Gasteiger partial charge in [0.2, 0.25) is 5.91 Å². The van der Waals surface area contributed by atoms with Crippen molar-refractivity contribution in [3.8, 4) is 6.07 Å². The Morgan fingerprint density at radius 2 is 2.00 bits per heavy atom. The molecule has 0 aromatic heterocycles. The standard InChI is InChI=1S/C17H19Cl2N3O2/c1-10(9-20)21-17(24)13-4-2-3-5-15(13)22-16(23)12-7-6-11(18)8-14(12)19/h6-8,10,13,15H,2-5H2,1H3,(H,21,24)(H,22,23). The van der Waals surface area contributed by atoms with Crippen LogP contribution in [0.1, 0.15) is 43.0 Å². The van der Waals surface area contributed by atoms with E-state index < -0.39 is 6.04 Å². The molecule has 128 valence electrons. The van der Waals surface area contributed by atoms with Crippen molar-refractivity contribution < 1.29 is 9.59 Å². The molecule has 5 nitrogen and oxygen atoms in total. The summed E-state index contributed by atoms with van der Waals surface area (Å²) in [5.41, 5.74) is 0.330. The van der Waals surface area contributed by atoms with Gasteiger partial charge in [-0.2, -0.15) is 5.26 Å². The van der Waals surface area contributed by atoms with Crippen molar-refractivity contribution in [1.29, 1.82) is 5.26 Å². The fourth-order valence-electron chi connectivity index (χ4n) is 2.89. The minimum Gasteiger partial charge on any atom is -0.348 e. The van der Waals surface area contributed by atoms with Crippen LogP contribution in [0, 0.1) is 17.2 Å². The molecule has 0 spiro atoms. The molecule has 24 heavy (non-hydrogen) atoms. The summed E-state index contributed by atoms with van der Waals surface area (Å²) < 4.78 is 0. The molecule has 0 radical (unpaired) electrons. The van der Waals surface area contributed by atoms with E-state index in [0.717, 1.165) is 19.3 Å². The zero-order valence-electron chi connectivity index (χ0n) is 13.3. The first-order valence-electron chi connectivity index (χ1n) is 7.88. The molecule has 3 atom stereocenters. The predicted octanol–water partition coefficient (Wildman–Crippen LogP) is 3.31. The Hall–Kier alpha value is -1.77. The third kappa shape index (κ3) is 4.62. The van der Waals surface area contributed by atoms with Crippen molar-refractivity contribution >= 4 is 35.0 Å². The lowest BCUT2D eigenvalue weighted by molar-refractivity contribution is -0.127. The van der Waals surface area contributed by atoms with Gasteiger partial charge in [-0.25, -0.2) is 0 Å². The second kappa shape index (κ2) is 8.36. The van der Waals surface area contributed by atoms with Gasteiger partial charge in [-0.1, -0.05) is 36.0 Å². The lowest BCUT2D eigenvalue weighted by atomic mass is 9.83. The van der Waals surface area contributed by atoms with E-state index in [0.29, 0.717) is 17.0 Å². The molecule has 2 amide bonds. The Kier molecular flexibility index (Phi) is 6.47. The maximum Gasteiger partial charge on any atom is 0.253 e. The van der Waals surface area contributed by atoms with Crippen LogP contribution in [0.4, 0.5) is 0 Å². The van der Waals surface area contributed by atoms with Crippen LogP contribution in [0.5, 0.6) is 0 Å². The number of rotatable bonds is 4. The molecule has 0 aliphatic heterocycles. The van der Waals surface area contributed by atoms with Gasteiger partial charge in [-0.15, -0.1) is 0 Å². The van der Waals surface area contributed by atoms with Crippen LogP contribution in [0.25, 0.3) is 0 Å². The van der Waals surface area contributed by atoms with Gasteiger partial charge in [0.15, 0.2) is 0 Å². The monoisotopic (exact) mass is 367 g/mol. The topological polar surface area (TPSA) is 82.0 Å². The van der Waals surface area contributed by atoms with Crippen molar-refractivity contribution in [2.75, 3.05) is 0 Å². The number of nitrogens with zero attached hydrogens (tertiary/aromatic N) is 1. The van der Waals surface area contributed by atoms with E-state index in [1.54, 1.807) is 19.1 Å². The summed E-state index contributed by atoms with van der Waals surface area (Å²) in [6, 6.07) is 5.83. The first kappa shape index (κ1) is 18.6. The van der Waals surface area contributed by atoms with Gasteiger partial charge >= 0.3 is 0 Å². The molecular formula is C17H19Cl2N3O2. The Morgan fingerprint density at radius 1 is 1.29 bits per heavy atom. The molecule has 1 saturated carbocycles. The van der Waals surface area contributed by atoms with Crippen LogP contribution in [0.3, 0.4) is 0 Å². The van der Waals surface area contributed by atoms with Crippen molar-refractivity contribution in [2.45, 2.75) is 44.7 Å². The van der Waals surface area contributed by atoms with Crippen LogP contribution in [0.2, 0.25) is 10.0 Å². The summed E-state index contributed by atoms with van der Waals surface area (Å²) in [5, 5.41) is 15.1. The van der Waals surface area contributed by atoms with Crippen LogP contribution < -0.4 is 10.6 Å². The molecule has 2 rings (SSSR count). The van der Waals surface area contributed by atoms with Gasteiger partial charge in [0.1, 0.15) is 6.04 Å². The summed E-state index contributed by atoms with van der Waals surface area (Å²) >= 11 is 11.9. The van der Waals surface area contributed by atoms with E-state index in [2.05, 4.69) is 10.6 Å². The molecule has 0 heterocycles. The SMILES string of the molecule is CC(C#N)NC(=O)C1CCCCC1NC(=O)c1ccc(Cl)cc1Cl. The highest BCUT2D eigenvalue weighted by Crippen LogP contribution is 2.26. The molecule has 7 heteroatoms. The number of benzene rings is 1. The van der Waals surface area contributed by atoms with E-state index in [1.807, 2.05) is 6.07 Å². The van der Waals surface area contributed by atoms with E-state index in [-0.39, 0.29) is 28.8 Å². The lowest BCUT2D eigenvalue weighted by Crippen LogP contribution is -2.49. The largest absolute Gasteiger partial charge is 0.348 e. The van der Waals surface area contributed by atoms with E-state index in [1.165, 1.54) is 6.07 Å². The third-order valence-corrected chi connectivity index (χ3v) is 4.70. The van der Waals surface area contributed by atoms with E-state index in [9.17, 15) is 9.59 Å². The van der Waals surface area contributed by atoms with Crippen molar-refractivity contribution in [2.24, 2.45) is 5.92 Å². The summed E-state index contributed by atoms with van der Waals surface area (Å²) in [6.45, 7) is 1.63. The Labute approximate surface area is 151 Å². The molecule has 0 bridgehead atoms. The lowest BCUT2D eigenvalue weighted by Gasteiger charge is -2.31. The van der Waals surface area contributed by atoms with E-state index in [4.69, 9.17) is 28.5 Å².